The zero-order valence-corrected chi connectivity index (χ0v) is 17.1. The third kappa shape index (κ3) is 4.51. The largest absolute Gasteiger partial charge is 0.490 e. The molecule has 0 aliphatic heterocycles. The summed E-state index contributed by atoms with van der Waals surface area (Å²) in [5.74, 6) is 0.504. The molecule has 2 aromatic heterocycles. The number of pyridine rings is 1. The Bertz CT molecular complexity index is 1060. The quantitative estimate of drug-likeness (QED) is 0.515. The van der Waals surface area contributed by atoms with Crippen molar-refractivity contribution in [1.82, 2.24) is 9.38 Å². The maximum absolute atomic E-state index is 12.4. The monoisotopic (exact) mass is 446 g/mol. The van der Waals surface area contributed by atoms with Crippen LogP contribution in [0.2, 0.25) is 0 Å². The number of fused-ring (bicyclic) bond motifs is 1. The number of hydrogen-bond donors (Lipinski definition) is 0. The van der Waals surface area contributed by atoms with E-state index in [9.17, 15) is 9.59 Å². The summed E-state index contributed by atoms with van der Waals surface area (Å²) < 4.78 is 18.5. The predicted molar refractivity (Wildman–Crippen MR) is 107 cm³/mol. The fourth-order valence-corrected chi connectivity index (χ4v) is 2.94. The smallest absolute Gasteiger partial charge is 0.338 e. The van der Waals surface area contributed by atoms with Gasteiger partial charge in [0.1, 0.15) is 12.3 Å². The van der Waals surface area contributed by atoms with Gasteiger partial charge >= 0.3 is 5.97 Å². The van der Waals surface area contributed by atoms with Gasteiger partial charge in [0, 0.05) is 16.7 Å². The van der Waals surface area contributed by atoms with Crippen molar-refractivity contribution >= 4 is 27.5 Å². The summed E-state index contributed by atoms with van der Waals surface area (Å²) in [6, 6.07) is 9.69. The van der Waals surface area contributed by atoms with Crippen LogP contribution >= 0.6 is 15.9 Å². The molecule has 0 spiro atoms. The fraction of sp³-hybridized carbons (Fsp3) is 0.250. The van der Waals surface area contributed by atoms with Gasteiger partial charge in [-0.2, -0.15) is 0 Å². The minimum atomic E-state index is -0.540. The lowest BCUT2D eigenvalue weighted by atomic mass is 10.2. The summed E-state index contributed by atoms with van der Waals surface area (Å²) in [6.45, 7) is 4.54. The topological polar surface area (TPSA) is 79.1 Å². The Morgan fingerprint density at radius 3 is 2.57 bits per heavy atom. The molecular formula is C20H19BrN2O5. The average Bonchev–Trinajstić information content (AvgIpc) is 2.68. The minimum absolute atomic E-state index is 0.113. The van der Waals surface area contributed by atoms with Gasteiger partial charge in [0.25, 0.3) is 5.56 Å². The van der Waals surface area contributed by atoms with E-state index < -0.39 is 5.97 Å². The van der Waals surface area contributed by atoms with E-state index in [2.05, 4.69) is 20.9 Å². The Morgan fingerprint density at radius 2 is 1.82 bits per heavy atom. The van der Waals surface area contributed by atoms with E-state index in [1.54, 1.807) is 36.5 Å². The van der Waals surface area contributed by atoms with Crippen molar-refractivity contribution in [2.45, 2.75) is 20.5 Å². The van der Waals surface area contributed by atoms with E-state index in [1.807, 2.05) is 13.8 Å². The normalized spacial score (nSPS) is 10.7. The molecular weight excluding hydrogens is 428 g/mol. The SMILES string of the molecule is CCOc1ccc(C(=O)OCc2cc(=O)n3cc(Br)ccc3n2)cc1OCC. The molecule has 0 N–H and O–H groups in total. The summed E-state index contributed by atoms with van der Waals surface area (Å²) in [5.41, 5.74) is 0.920. The summed E-state index contributed by atoms with van der Waals surface area (Å²) >= 11 is 3.32. The first-order chi connectivity index (χ1) is 13.5. The van der Waals surface area contributed by atoms with Crippen LogP contribution in [-0.2, 0) is 11.3 Å². The van der Waals surface area contributed by atoms with Crippen molar-refractivity contribution in [1.29, 1.82) is 0 Å². The molecule has 0 radical (unpaired) electrons. The molecule has 146 valence electrons. The van der Waals surface area contributed by atoms with Crippen molar-refractivity contribution in [2.75, 3.05) is 13.2 Å². The van der Waals surface area contributed by atoms with Crippen LogP contribution in [0, 0.1) is 0 Å². The third-order valence-electron chi connectivity index (χ3n) is 3.81. The lowest BCUT2D eigenvalue weighted by molar-refractivity contribution is 0.0467. The number of benzene rings is 1. The third-order valence-corrected chi connectivity index (χ3v) is 4.28. The lowest BCUT2D eigenvalue weighted by Gasteiger charge is -2.12. The molecule has 7 nitrogen and oxygen atoms in total. The van der Waals surface area contributed by atoms with Crippen molar-refractivity contribution < 1.29 is 19.0 Å². The second kappa shape index (κ2) is 8.88. The molecule has 0 bridgehead atoms. The van der Waals surface area contributed by atoms with Crippen LogP contribution in [-0.4, -0.2) is 28.6 Å². The van der Waals surface area contributed by atoms with Gasteiger partial charge in [0.05, 0.1) is 24.5 Å². The summed E-state index contributed by atoms with van der Waals surface area (Å²) in [4.78, 5) is 29.0. The molecule has 1 aromatic carbocycles. The van der Waals surface area contributed by atoms with Crippen LogP contribution in [0.4, 0.5) is 0 Å². The van der Waals surface area contributed by atoms with Crippen LogP contribution in [0.15, 0.2) is 51.9 Å². The van der Waals surface area contributed by atoms with Crippen LogP contribution < -0.4 is 15.0 Å². The van der Waals surface area contributed by atoms with Crippen LogP contribution in [0.3, 0.4) is 0 Å². The number of rotatable bonds is 7. The van der Waals surface area contributed by atoms with Crippen LogP contribution in [0.5, 0.6) is 11.5 Å². The fourth-order valence-electron chi connectivity index (χ4n) is 2.60. The molecule has 3 rings (SSSR count). The van der Waals surface area contributed by atoms with E-state index in [4.69, 9.17) is 14.2 Å². The lowest BCUT2D eigenvalue weighted by Crippen LogP contribution is -2.16. The summed E-state index contributed by atoms with van der Waals surface area (Å²) in [5, 5.41) is 0. The Morgan fingerprint density at radius 1 is 1.07 bits per heavy atom. The van der Waals surface area contributed by atoms with Gasteiger partial charge in [-0.3, -0.25) is 9.20 Å². The molecule has 0 saturated heterocycles. The van der Waals surface area contributed by atoms with E-state index in [0.717, 1.165) is 4.47 Å². The van der Waals surface area contributed by atoms with Gasteiger partial charge in [0.2, 0.25) is 0 Å². The van der Waals surface area contributed by atoms with Crippen molar-refractivity contribution in [3.63, 3.8) is 0 Å². The zero-order valence-electron chi connectivity index (χ0n) is 15.5. The van der Waals surface area contributed by atoms with Gasteiger partial charge in [0.15, 0.2) is 11.5 Å². The van der Waals surface area contributed by atoms with Crippen molar-refractivity contribution in [2.24, 2.45) is 0 Å². The number of halogens is 1. The second-order valence-electron chi connectivity index (χ2n) is 5.76. The Labute approximate surface area is 170 Å². The average molecular weight is 447 g/mol. The van der Waals surface area contributed by atoms with Crippen LogP contribution in [0.1, 0.15) is 29.9 Å². The summed E-state index contributed by atoms with van der Waals surface area (Å²) in [6.07, 6.45) is 1.63. The maximum atomic E-state index is 12.4. The van der Waals surface area contributed by atoms with Crippen LogP contribution in [0.25, 0.3) is 5.65 Å². The molecule has 0 atom stereocenters. The van der Waals surface area contributed by atoms with Crippen molar-refractivity contribution in [3.8, 4) is 11.5 Å². The van der Waals surface area contributed by atoms with Gasteiger partial charge < -0.3 is 14.2 Å². The molecule has 0 unspecified atom stereocenters. The summed E-state index contributed by atoms with van der Waals surface area (Å²) in [7, 11) is 0. The molecule has 8 heteroatoms. The molecule has 28 heavy (non-hydrogen) atoms. The minimum Gasteiger partial charge on any atom is -0.490 e. The van der Waals surface area contributed by atoms with Gasteiger partial charge in [-0.1, -0.05) is 0 Å². The number of hydrogen-bond acceptors (Lipinski definition) is 6. The van der Waals surface area contributed by atoms with E-state index in [1.165, 1.54) is 10.5 Å². The van der Waals surface area contributed by atoms with Gasteiger partial charge in [-0.25, -0.2) is 9.78 Å². The number of nitrogens with zero attached hydrogens (tertiary/aromatic N) is 2. The molecule has 0 saturated carbocycles. The standard InChI is InChI=1S/C20H19BrN2O5/c1-3-26-16-7-5-13(9-17(16)27-4-2)20(25)28-12-15-10-19(24)23-11-14(21)6-8-18(23)22-15/h5-11H,3-4,12H2,1-2H3. The molecule has 0 fully saturated rings. The zero-order chi connectivity index (χ0) is 20.1. The maximum Gasteiger partial charge on any atom is 0.338 e. The molecule has 2 heterocycles. The van der Waals surface area contributed by atoms with Gasteiger partial charge in [-0.15, -0.1) is 0 Å². The first-order valence-electron chi connectivity index (χ1n) is 8.76. The predicted octanol–water partition coefficient (Wildman–Crippen LogP) is 3.61. The number of esters is 1. The first-order valence-corrected chi connectivity index (χ1v) is 9.55. The second-order valence-corrected chi connectivity index (χ2v) is 6.68. The number of aromatic nitrogens is 2. The number of ether oxygens (including phenoxy) is 3. The molecule has 0 amide bonds. The molecule has 0 aliphatic carbocycles. The van der Waals surface area contributed by atoms with E-state index in [-0.39, 0.29) is 12.2 Å². The van der Waals surface area contributed by atoms with E-state index >= 15 is 0 Å². The highest BCUT2D eigenvalue weighted by molar-refractivity contribution is 9.10. The number of carbonyl (C=O) groups is 1. The molecule has 0 aliphatic rings. The molecule has 3 aromatic rings. The number of carbonyl (C=O) groups excluding carboxylic acids is 1. The highest BCUT2D eigenvalue weighted by atomic mass is 79.9. The van der Waals surface area contributed by atoms with E-state index in [0.29, 0.717) is 41.6 Å². The Balaban J connectivity index is 1.76. The highest BCUT2D eigenvalue weighted by Crippen LogP contribution is 2.28. The first kappa shape index (κ1) is 19.9. The Hall–Kier alpha value is -2.87. The highest BCUT2D eigenvalue weighted by Gasteiger charge is 2.14. The Kier molecular flexibility index (Phi) is 6.30. The van der Waals surface area contributed by atoms with Gasteiger partial charge in [-0.05, 0) is 60.1 Å². The van der Waals surface area contributed by atoms with Crippen molar-refractivity contribution in [3.05, 3.63) is 68.7 Å².